The van der Waals surface area contributed by atoms with Crippen LogP contribution in [-0.2, 0) is 35.3 Å². The molecule has 2 aromatic carbocycles. The van der Waals surface area contributed by atoms with Crippen molar-refractivity contribution in [2.45, 2.75) is 58.4 Å². The van der Waals surface area contributed by atoms with Gasteiger partial charge in [0.1, 0.15) is 18.2 Å². The predicted octanol–water partition coefficient (Wildman–Crippen LogP) is 3.29. The van der Waals surface area contributed by atoms with Crippen LogP contribution in [0.3, 0.4) is 0 Å². The largest absolute Gasteiger partial charge is 0.490 e. The topological polar surface area (TPSA) is 204 Å². The third-order valence-corrected chi connectivity index (χ3v) is 8.68. The van der Waals surface area contributed by atoms with Crippen LogP contribution in [0, 0.1) is 17.0 Å². The minimum Gasteiger partial charge on any atom is -0.475 e. The highest BCUT2D eigenvalue weighted by molar-refractivity contribution is 6.12. The molecular weight excluding hydrogens is 775 g/mol. The number of hydrogen-bond acceptors (Lipinski definition) is 8. The Morgan fingerprint density at radius 1 is 0.914 bits per heavy atom. The number of imide groups is 1. The number of aliphatic hydroxyl groups excluding tert-OH is 1. The van der Waals surface area contributed by atoms with Gasteiger partial charge in [-0.2, -0.15) is 13.2 Å². The lowest BCUT2D eigenvalue weighted by Gasteiger charge is -2.42. The van der Waals surface area contributed by atoms with E-state index >= 15 is 4.39 Å². The molecule has 1 aromatic heterocycles. The first kappa shape index (κ1) is 46.4. The summed E-state index contributed by atoms with van der Waals surface area (Å²) in [4.78, 5) is 73.5. The second-order valence-electron chi connectivity index (χ2n) is 14.2. The standard InChI is InChI=1S/C37H44F2N6O6.C2HF3O2/c1-37(2,3)36(30-17-25(28-18-26(38)9-10-29(28)39)21-43(30)20-24-7-5-4-6-8-24)45(35(51)23-46)22-27(19-40)42-32(48)12-11-31(47)41-15-16-44-33(49)13-14-34(44)50;3-2(4,5)1(6)7/h4-10,13-14,17-18,21,27,36,46H,11-12,15-16,19-20,22-23,40H2,1-3H3,(H,41,47)(H,42,48);(H,6,7)/t27-,36-;/m0./s1. The van der Waals surface area contributed by atoms with Gasteiger partial charge in [0, 0.05) is 80.7 Å². The minimum absolute atomic E-state index is 0.00504. The van der Waals surface area contributed by atoms with Crippen molar-refractivity contribution in [3.8, 4) is 11.1 Å². The van der Waals surface area contributed by atoms with Crippen molar-refractivity contribution < 1.29 is 60.9 Å². The van der Waals surface area contributed by atoms with Crippen molar-refractivity contribution in [1.29, 1.82) is 0 Å². The molecule has 0 saturated carbocycles. The average molecular weight is 821 g/mol. The minimum atomic E-state index is -5.08. The molecule has 2 heterocycles. The lowest BCUT2D eigenvalue weighted by Crippen LogP contribution is -2.53. The number of amides is 5. The molecule has 314 valence electrons. The molecule has 19 heteroatoms. The number of halogens is 5. The zero-order valence-electron chi connectivity index (χ0n) is 31.9. The molecule has 0 bridgehead atoms. The van der Waals surface area contributed by atoms with Gasteiger partial charge in [0.05, 0.1) is 12.1 Å². The summed E-state index contributed by atoms with van der Waals surface area (Å²) >= 11 is 0. The van der Waals surface area contributed by atoms with Crippen LogP contribution in [0.4, 0.5) is 22.0 Å². The monoisotopic (exact) mass is 820 g/mol. The van der Waals surface area contributed by atoms with Gasteiger partial charge in [-0.1, -0.05) is 51.1 Å². The van der Waals surface area contributed by atoms with E-state index in [1.54, 1.807) is 12.3 Å². The first-order valence-electron chi connectivity index (χ1n) is 17.9. The zero-order chi connectivity index (χ0) is 43.4. The molecular formula is C39H45F5N6O8. The van der Waals surface area contributed by atoms with Gasteiger partial charge in [-0.25, -0.2) is 13.6 Å². The predicted molar refractivity (Wildman–Crippen MR) is 199 cm³/mol. The second kappa shape index (κ2) is 20.5. The lowest BCUT2D eigenvalue weighted by atomic mass is 9.82. The average Bonchev–Trinajstić information content (AvgIpc) is 3.71. The highest BCUT2D eigenvalue weighted by Crippen LogP contribution is 2.41. The smallest absolute Gasteiger partial charge is 0.475 e. The first-order chi connectivity index (χ1) is 27.2. The first-order valence-corrected chi connectivity index (χ1v) is 17.9. The molecule has 0 spiro atoms. The maximum absolute atomic E-state index is 15.0. The Morgan fingerprint density at radius 2 is 1.52 bits per heavy atom. The van der Waals surface area contributed by atoms with Crippen LogP contribution in [0.2, 0.25) is 0 Å². The SMILES string of the molecule is CC(C)(C)[C@H](c1cc(-c2cc(F)ccc2F)cn1Cc1ccccc1)N(C[C@H](CN)NC(=O)CCC(=O)NCCN1C(=O)C=CC1=O)C(=O)CO.O=C(O)C(F)(F)F. The maximum Gasteiger partial charge on any atom is 0.490 e. The van der Waals surface area contributed by atoms with E-state index in [0.717, 1.165) is 40.8 Å². The van der Waals surface area contributed by atoms with Crippen LogP contribution in [0.25, 0.3) is 11.1 Å². The fourth-order valence-electron chi connectivity index (χ4n) is 6.04. The second-order valence-corrected chi connectivity index (χ2v) is 14.2. The number of nitrogens with two attached hydrogens (primary N) is 1. The van der Waals surface area contributed by atoms with Gasteiger partial charge in [-0.3, -0.25) is 28.9 Å². The number of alkyl halides is 3. The van der Waals surface area contributed by atoms with E-state index in [1.807, 2.05) is 55.7 Å². The molecule has 0 aliphatic carbocycles. The molecule has 0 saturated heterocycles. The van der Waals surface area contributed by atoms with Crippen LogP contribution in [0.5, 0.6) is 0 Å². The number of nitrogens with one attached hydrogen (secondary N) is 2. The number of nitrogens with zero attached hydrogens (tertiary/aromatic N) is 3. The molecule has 0 radical (unpaired) electrons. The van der Waals surface area contributed by atoms with Crippen LogP contribution >= 0.6 is 0 Å². The maximum atomic E-state index is 15.0. The Morgan fingerprint density at radius 3 is 2.07 bits per heavy atom. The van der Waals surface area contributed by atoms with Crippen molar-refractivity contribution in [3.63, 3.8) is 0 Å². The number of carboxylic acid groups (broad SMARTS) is 1. The normalized spacial score (nSPS) is 13.7. The highest BCUT2D eigenvalue weighted by atomic mass is 19.4. The summed E-state index contributed by atoms with van der Waals surface area (Å²) in [5.74, 6) is -6.52. The molecule has 1 aliphatic heterocycles. The Bertz CT molecular complexity index is 1960. The number of benzene rings is 2. The Balaban J connectivity index is 0.00000117. The Labute approximate surface area is 330 Å². The van der Waals surface area contributed by atoms with Crippen molar-refractivity contribution in [2.24, 2.45) is 11.1 Å². The van der Waals surface area contributed by atoms with E-state index in [1.165, 1.54) is 4.90 Å². The number of carboxylic acids is 1. The molecule has 0 fully saturated rings. The third kappa shape index (κ3) is 13.3. The van der Waals surface area contributed by atoms with Crippen LogP contribution < -0.4 is 16.4 Å². The molecule has 58 heavy (non-hydrogen) atoms. The number of hydrogen-bond donors (Lipinski definition) is 5. The molecule has 4 rings (SSSR count). The number of aromatic nitrogens is 1. The van der Waals surface area contributed by atoms with Gasteiger partial charge in [-0.15, -0.1) is 0 Å². The molecule has 0 unspecified atom stereocenters. The van der Waals surface area contributed by atoms with Crippen molar-refractivity contribution in [1.82, 2.24) is 25.0 Å². The fraction of sp³-hybridized carbons (Fsp3) is 0.385. The summed E-state index contributed by atoms with van der Waals surface area (Å²) in [7, 11) is 0. The van der Waals surface area contributed by atoms with Gasteiger partial charge in [0.25, 0.3) is 11.8 Å². The lowest BCUT2D eigenvalue weighted by molar-refractivity contribution is -0.192. The van der Waals surface area contributed by atoms with Gasteiger partial charge < -0.3 is 36.0 Å². The number of aliphatic hydroxyl groups is 1. The molecule has 6 N–H and O–H groups in total. The van der Waals surface area contributed by atoms with Crippen LogP contribution in [-0.4, -0.2) is 105 Å². The summed E-state index contributed by atoms with van der Waals surface area (Å²) in [6.07, 6.45) is -1.47. The molecule has 2 atom stereocenters. The third-order valence-electron chi connectivity index (χ3n) is 8.68. The van der Waals surface area contributed by atoms with Gasteiger partial charge in [0.15, 0.2) is 0 Å². The van der Waals surface area contributed by atoms with Crippen molar-refractivity contribution in [3.05, 3.63) is 95.8 Å². The van der Waals surface area contributed by atoms with E-state index in [9.17, 15) is 46.6 Å². The molecule has 14 nitrogen and oxygen atoms in total. The van der Waals surface area contributed by atoms with Gasteiger partial charge in [0.2, 0.25) is 17.7 Å². The summed E-state index contributed by atoms with van der Waals surface area (Å²) in [6, 6.07) is 12.8. The summed E-state index contributed by atoms with van der Waals surface area (Å²) < 4.78 is 62.9. The number of rotatable bonds is 16. The van der Waals surface area contributed by atoms with Gasteiger partial charge in [-0.05, 0) is 35.2 Å². The fourth-order valence-corrected chi connectivity index (χ4v) is 6.04. The summed E-state index contributed by atoms with van der Waals surface area (Å²) in [6.45, 7) is 5.03. The molecule has 3 aromatic rings. The Kier molecular flexibility index (Phi) is 16.4. The molecule has 1 aliphatic rings. The zero-order valence-corrected chi connectivity index (χ0v) is 31.9. The van der Waals surface area contributed by atoms with E-state index in [4.69, 9.17) is 15.6 Å². The van der Waals surface area contributed by atoms with Gasteiger partial charge >= 0.3 is 12.1 Å². The van der Waals surface area contributed by atoms with Crippen LogP contribution in [0.15, 0.2) is 72.9 Å². The number of aliphatic carboxylic acids is 1. The van der Waals surface area contributed by atoms with E-state index in [0.29, 0.717) is 17.8 Å². The van der Waals surface area contributed by atoms with Crippen molar-refractivity contribution >= 4 is 35.5 Å². The Hall–Kier alpha value is -5.95. The quantitative estimate of drug-likeness (QED) is 0.106. The van der Waals surface area contributed by atoms with E-state index < -0.39 is 77.4 Å². The summed E-state index contributed by atoms with van der Waals surface area (Å²) in [5, 5.41) is 22.6. The van der Waals surface area contributed by atoms with E-state index in [2.05, 4.69) is 10.6 Å². The highest BCUT2D eigenvalue weighted by Gasteiger charge is 2.39. The summed E-state index contributed by atoms with van der Waals surface area (Å²) in [5.41, 5.74) is 7.31. The molecule has 5 amide bonds. The van der Waals surface area contributed by atoms with Crippen LogP contribution in [0.1, 0.15) is 50.9 Å². The van der Waals surface area contributed by atoms with Crippen molar-refractivity contribution in [2.75, 3.05) is 32.8 Å². The number of carbonyl (C=O) groups is 6. The number of carbonyl (C=O) groups excluding carboxylic acids is 5. The van der Waals surface area contributed by atoms with E-state index in [-0.39, 0.29) is 44.6 Å².